The van der Waals surface area contributed by atoms with Crippen molar-refractivity contribution in [1.29, 1.82) is 0 Å². The third-order valence-electron chi connectivity index (χ3n) is 7.37. The van der Waals surface area contributed by atoms with Crippen molar-refractivity contribution in [2.24, 2.45) is 11.3 Å². The van der Waals surface area contributed by atoms with E-state index in [9.17, 15) is 4.79 Å². The Hall–Kier alpha value is -0.860. The smallest absolute Gasteiger partial charge is 0.227 e. The van der Waals surface area contributed by atoms with E-state index in [1.807, 2.05) is 13.3 Å². The summed E-state index contributed by atoms with van der Waals surface area (Å²) >= 11 is 0. The van der Waals surface area contributed by atoms with E-state index < -0.39 is 0 Å². The number of morpholine rings is 1. The molecule has 4 rings (SSSR count). The van der Waals surface area contributed by atoms with Crippen molar-refractivity contribution in [3.63, 3.8) is 0 Å². The highest BCUT2D eigenvalue weighted by atomic mass is 35.5. The van der Waals surface area contributed by atoms with E-state index in [2.05, 4.69) is 32.0 Å². The van der Waals surface area contributed by atoms with Crippen LogP contribution >= 0.6 is 24.8 Å². The molecule has 3 aliphatic rings. The topological polar surface area (TPSA) is 71.4 Å². The van der Waals surface area contributed by atoms with E-state index in [1.165, 1.54) is 5.69 Å². The lowest BCUT2D eigenvalue weighted by atomic mass is 9.61. The summed E-state index contributed by atoms with van der Waals surface area (Å²) in [5.74, 6) is 0.729. The molecule has 1 amide bonds. The van der Waals surface area contributed by atoms with Gasteiger partial charge in [-0.05, 0) is 52.0 Å². The van der Waals surface area contributed by atoms with Gasteiger partial charge in [0.2, 0.25) is 5.91 Å². The number of nitrogens with one attached hydrogen (secondary N) is 2. The second-order valence-electron chi connectivity index (χ2n) is 8.76. The van der Waals surface area contributed by atoms with E-state index in [1.54, 1.807) is 0 Å². The van der Waals surface area contributed by atoms with Crippen molar-refractivity contribution in [1.82, 2.24) is 25.1 Å². The number of aromatic nitrogens is 2. The number of amides is 1. The molecule has 1 aliphatic carbocycles. The molecule has 3 heterocycles. The summed E-state index contributed by atoms with van der Waals surface area (Å²) in [7, 11) is 0. The molecule has 1 aromatic rings. The molecule has 30 heavy (non-hydrogen) atoms. The molecule has 172 valence electrons. The summed E-state index contributed by atoms with van der Waals surface area (Å²) in [6.45, 7) is 11.2. The molecule has 1 aromatic heterocycles. The Morgan fingerprint density at radius 1 is 1.30 bits per heavy atom. The largest absolute Gasteiger partial charge is 0.379 e. The van der Waals surface area contributed by atoms with Crippen LogP contribution < -0.4 is 10.6 Å². The van der Waals surface area contributed by atoms with E-state index in [4.69, 9.17) is 4.74 Å². The molecule has 3 atom stereocenters. The third-order valence-corrected chi connectivity index (χ3v) is 7.37. The Kier molecular flexibility index (Phi) is 9.43. The quantitative estimate of drug-likeness (QED) is 0.700. The first-order valence-electron chi connectivity index (χ1n) is 10.9. The first-order valence-corrected chi connectivity index (χ1v) is 10.9. The molecule has 9 heteroatoms. The minimum absolute atomic E-state index is 0. The first-order chi connectivity index (χ1) is 13.6. The fourth-order valence-corrected chi connectivity index (χ4v) is 5.40. The Morgan fingerprint density at radius 2 is 2.07 bits per heavy atom. The van der Waals surface area contributed by atoms with E-state index in [0.29, 0.717) is 18.5 Å². The van der Waals surface area contributed by atoms with Gasteiger partial charge >= 0.3 is 0 Å². The van der Waals surface area contributed by atoms with Crippen LogP contribution in [0.4, 0.5) is 0 Å². The number of imidazole rings is 1. The number of aryl methyl sites for hydroxylation is 1. The number of fused-ring (bicyclic) bond motifs is 1. The zero-order valence-corrected chi connectivity index (χ0v) is 19.8. The van der Waals surface area contributed by atoms with E-state index in [0.717, 1.165) is 77.3 Å². The van der Waals surface area contributed by atoms with Gasteiger partial charge in [-0.15, -0.1) is 24.8 Å². The molecule has 3 fully saturated rings. The van der Waals surface area contributed by atoms with Crippen molar-refractivity contribution >= 4 is 30.7 Å². The lowest BCUT2D eigenvalue weighted by Crippen LogP contribution is -2.60. The van der Waals surface area contributed by atoms with Gasteiger partial charge in [0, 0.05) is 44.5 Å². The lowest BCUT2D eigenvalue weighted by molar-refractivity contribution is -0.140. The number of hydrogen-bond acceptors (Lipinski definition) is 5. The van der Waals surface area contributed by atoms with Gasteiger partial charge in [0.25, 0.3) is 0 Å². The predicted octanol–water partition coefficient (Wildman–Crippen LogP) is 1.94. The van der Waals surface area contributed by atoms with Gasteiger partial charge in [0.1, 0.15) is 0 Å². The molecule has 0 unspecified atom stereocenters. The van der Waals surface area contributed by atoms with Crippen LogP contribution in [0.25, 0.3) is 0 Å². The summed E-state index contributed by atoms with van der Waals surface area (Å²) in [6, 6.07) is 0.615. The number of ether oxygens (including phenoxy) is 1. The Labute approximate surface area is 192 Å². The minimum Gasteiger partial charge on any atom is -0.379 e. The van der Waals surface area contributed by atoms with Gasteiger partial charge in [0.05, 0.1) is 30.7 Å². The predicted molar refractivity (Wildman–Crippen MR) is 123 cm³/mol. The molecule has 0 radical (unpaired) electrons. The van der Waals surface area contributed by atoms with Crippen molar-refractivity contribution in [3.05, 3.63) is 17.7 Å². The van der Waals surface area contributed by atoms with Crippen LogP contribution in [0.3, 0.4) is 0 Å². The second kappa shape index (κ2) is 11.1. The van der Waals surface area contributed by atoms with Crippen molar-refractivity contribution in [2.75, 3.05) is 45.9 Å². The number of rotatable bonds is 5. The Bertz CT molecular complexity index is 695. The zero-order valence-electron chi connectivity index (χ0n) is 18.2. The Balaban J connectivity index is 0.00000160. The third kappa shape index (κ3) is 5.13. The molecule has 0 bridgehead atoms. The molecule has 1 saturated carbocycles. The van der Waals surface area contributed by atoms with Crippen molar-refractivity contribution in [2.45, 2.75) is 52.1 Å². The van der Waals surface area contributed by atoms with E-state index in [-0.39, 0.29) is 36.1 Å². The first kappa shape index (κ1) is 25.4. The maximum atomic E-state index is 13.3. The van der Waals surface area contributed by atoms with Gasteiger partial charge in [-0.1, -0.05) is 0 Å². The molecule has 2 saturated heterocycles. The van der Waals surface area contributed by atoms with Crippen LogP contribution in [0.1, 0.15) is 37.1 Å². The highest BCUT2D eigenvalue weighted by Gasteiger charge is 2.50. The molecule has 2 N–H and O–H groups in total. The standard InChI is InChI=1S/C21H35N5O2.2ClH/c1-16-17(2)26(15-24-16)8-7-23-20(27)21-5-3-19(25-9-11-28-12-10-25)13-18(21)4-6-22-14-21;;/h15,18-19,22H,3-14H2,1-2H3,(H,23,27);2*1H/t18-,19+,21-;;/m1../s1. The van der Waals surface area contributed by atoms with Crippen molar-refractivity contribution < 1.29 is 9.53 Å². The van der Waals surface area contributed by atoms with Gasteiger partial charge < -0.3 is 19.9 Å². The molecular weight excluding hydrogens is 425 g/mol. The fourth-order valence-electron chi connectivity index (χ4n) is 5.40. The molecular formula is C21H37Cl2N5O2. The number of halogens is 2. The van der Waals surface area contributed by atoms with Crippen LogP contribution in [-0.4, -0.2) is 72.3 Å². The monoisotopic (exact) mass is 461 g/mol. The maximum absolute atomic E-state index is 13.3. The van der Waals surface area contributed by atoms with Crippen LogP contribution in [-0.2, 0) is 16.1 Å². The lowest BCUT2D eigenvalue weighted by Gasteiger charge is -2.50. The number of hydrogen-bond donors (Lipinski definition) is 2. The number of carbonyl (C=O) groups excluding carboxylic acids is 1. The molecule has 7 nitrogen and oxygen atoms in total. The molecule has 0 spiro atoms. The highest BCUT2D eigenvalue weighted by Crippen LogP contribution is 2.46. The van der Waals surface area contributed by atoms with Crippen molar-refractivity contribution in [3.8, 4) is 0 Å². The van der Waals surface area contributed by atoms with Gasteiger partial charge in [-0.2, -0.15) is 0 Å². The molecule has 2 aliphatic heterocycles. The van der Waals surface area contributed by atoms with Crippen LogP contribution in [0.15, 0.2) is 6.33 Å². The number of carbonyl (C=O) groups is 1. The van der Waals surface area contributed by atoms with Gasteiger partial charge in [0.15, 0.2) is 0 Å². The van der Waals surface area contributed by atoms with Gasteiger partial charge in [-0.3, -0.25) is 9.69 Å². The van der Waals surface area contributed by atoms with E-state index >= 15 is 0 Å². The summed E-state index contributed by atoms with van der Waals surface area (Å²) in [5, 5.41) is 6.77. The SMILES string of the molecule is Cc1ncn(CCNC(=O)[C@@]23CC[C@H](N4CCOCC4)C[C@H]2CCNC3)c1C.Cl.Cl. The number of nitrogens with zero attached hydrogens (tertiary/aromatic N) is 3. The van der Waals surface area contributed by atoms with Crippen LogP contribution in [0.5, 0.6) is 0 Å². The van der Waals surface area contributed by atoms with Gasteiger partial charge in [-0.25, -0.2) is 4.98 Å². The molecule has 0 aromatic carbocycles. The average Bonchev–Trinajstić information content (AvgIpc) is 3.06. The van der Waals surface area contributed by atoms with Crippen LogP contribution in [0.2, 0.25) is 0 Å². The summed E-state index contributed by atoms with van der Waals surface area (Å²) in [4.78, 5) is 20.3. The number of piperidine rings is 1. The highest BCUT2D eigenvalue weighted by molar-refractivity contribution is 5.85. The van der Waals surface area contributed by atoms with Crippen LogP contribution in [0, 0.1) is 25.2 Å². The Morgan fingerprint density at radius 3 is 2.77 bits per heavy atom. The summed E-state index contributed by atoms with van der Waals surface area (Å²) < 4.78 is 7.65. The fraction of sp³-hybridized carbons (Fsp3) is 0.810. The minimum atomic E-state index is -0.235. The summed E-state index contributed by atoms with van der Waals surface area (Å²) in [5.41, 5.74) is 2.00. The average molecular weight is 462 g/mol. The zero-order chi connectivity index (χ0) is 19.6. The summed E-state index contributed by atoms with van der Waals surface area (Å²) in [6.07, 6.45) is 6.23. The maximum Gasteiger partial charge on any atom is 0.227 e. The second-order valence-corrected chi connectivity index (χ2v) is 8.76. The normalized spacial score (nSPS) is 29.3.